The van der Waals surface area contributed by atoms with Crippen LogP contribution in [0.25, 0.3) is 0 Å². The molecular weight excluding hydrogens is 336 g/mol. The first-order valence-corrected chi connectivity index (χ1v) is 8.58. The van der Waals surface area contributed by atoms with Gasteiger partial charge in [0.15, 0.2) is 18.1 Å². The molecule has 0 aliphatic carbocycles. The third-order valence-corrected chi connectivity index (χ3v) is 3.81. The van der Waals surface area contributed by atoms with E-state index >= 15 is 0 Å². The van der Waals surface area contributed by atoms with Crippen molar-refractivity contribution in [3.05, 3.63) is 48.0 Å². The minimum absolute atomic E-state index is 0.245. The van der Waals surface area contributed by atoms with E-state index in [4.69, 9.17) is 23.7 Å². The van der Waals surface area contributed by atoms with Gasteiger partial charge in [0.05, 0.1) is 6.61 Å². The summed E-state index contributed by atoms with van der Waals surface area (Å²) in [4.78, 5) is 12.0. The van der Waals surface area contributed by atoms with Crippen LogP contribution in [0.4, 0.5) is 0 Å². The summed E-state index contributed by atoms with van der Waals surface area (Å²) in [6.07, 6.45) is 0. The van der Waals surface area contributed by atoms with E-state index < -0.39 is 12.4 Å². The number of carbonyl (C=O) groups excluding carboxylic acids is 1. The summed E-state index contributed by atoms with van der Waals surface area (Å²) in [5.74, 6) is 1.74. The van der Waals surface area contributed by atoms with Crippen LogP contribution >= 0.6 is 0 Å². The zero-order valence-corrected chi connectivity index (χ0v) is 15.1. The Labute approximate surface area is 152 Å². The van der Waals surface area contributed by atoms with Crippen LogP contribution in [0, 0.1) is 0 Å². The molecule has 1 aliphatic rings. The van der Waals surface area contributed by atoms with Gasteiger partial charge in [-0.2, -0.15) is 0 Å². The van der Waals surface area contributed by atoms with Crippen molar-refractivity contribution in [3.8, 4) is 23.0 Å². The molecule has 0 aromatic heterocycles. The molecule has 0 saturated heterocycles. The van der Waals surface area contributed by atoms with E-state index in [1.807, 2.05) is 19.1 Å². The SMILES string of the molecule is CCOC1Oc2cccc(OCC(=O)Oc3ccc(C(C)C)cc3)c2O1. The van der Waals surface area contributed by atoms with E-state index in [2.05, 4.69) is 13.8 Å². The van der Waals surface area contributed by atoms with Crippen LogP contribution in [-0.4, -0.2) is 25.7 Å². The first kappa shape index (κ1) is 18.1. The maximum Gasteiger partial charge on any atom is 0.361 e. The van der Waals surface area contributed by atoms with Gasteiger partial charge in [-0.05, 0) is 42.7 Å². The van der Waals surface area contributed by atoms with Crippen molar-refractivity contribution in [3.63, 3.8) is 0 Å². The summed E-state index contributed by atoms with van der Waals surface area (Å²) in [5.41, 5.74) is 1.18. The Morgan fingerprint density at radius 3 is 2.58 bits per heavy atom. The van der Waals surface area contributed by atoms with Gasteiger partial charge in [0.1, 0.15) is 5.75 Å². The number of benzene rings is 2. The summed E-state index contributed by atoms with van der Waals surface area (Å²) < 4.78 is 27.1. The molecule has 1 aliphatic heterocycles. The first-order chi connectivity index (χ1) is 12.6. The number of rotatable bonds is 7. The number of para-hydroxylation sites is 1. The van der Waals surface area contributed by atoms with E-state index in [1.54, 1.807) is 30.3 Å². The van der Waals surface area contributed by atoms with Crippen molar-refractivity contribution in [1.29, 1.82) is 0 Å². The van der Waals surface area contributed by atoms with Crippen molar-refractivity contribution < 1.29 is 28.5 Å². The number of hydrogen-bond donors (Lipinski definition) is 0. The molecule has 2 aromatic carbocycles. The van der Waals surface area contributed by atoms with E-state index in [-0.39, 0.29) is 6.61 Å². The predicted octanol–water partition coefficient (Wildman–Crippen LogP) is 3.89. The number of hydrogen-bond acceptors (Lipinski definition) is 6. The first-order valence-electron chi connectivity index (χ1n) is 8.58. The fourth-order valence-corrected chi connectivity index (χ4v) is 2.46. The molecule has 0 saturated carbocycles. The standard InChI is InChI=1S/C20H22O6/c1-4-22-20-25-17-7-5-6-16(19(17)26-20)23-12-18(21)24-15-10-8-14(9-11-15)13(2)3/h5-11,13,20H,4,12H2,1-3H3. The largest absolute Gasteiger partial charge is 0.478 e. The summed E-state index contributed by atoms with van der Waals surface area (Å²) in [6.45, 7) is 5.47. The smallest absolute Gasteiger partial charge is 0.361 e. The zero-order chi connectivity index (χ0) is 18.5. The second kappa shape index (κ2) is 8.10. The average molecular weight is 358 g/mol. The van der Waals surface area contributed by atoms with Gasteiger partial charge in [0, 0.05) is 0 Å². The molecule has 0 N–H and O–H groups in total. The normalized spacial score (nSPS) is 15.2. The Bertz CT molecular complexity index is 753. The minimum atomic E-state index is -0.800. The lowest BCUT2D eigenvalue weighted by molar-refractivity contribution is -0.173. The molecule has 26 heavy (non-hydrogen) atoms. The summed E-state index contributed by atoms with van der Waals surface area (Å²) >= 11 is 0. The highest BCUT2D eigenvalue weighted by Crippen LogP contribution is 2.42. The quantitative estimate of drug-likeness (QED) is 0.553. The molecule has 1 heterocycles. The fourth-order valence-electron chi connectivity index (χ4n) is 2.46. The summed E-state index contributed by atoms with van der Waals surface area (Å²) in [6, 6.07) is 12.6. The van der Waals surface area contributed by atoms with Gasteiger partial charge in [-0.3, -0.25) is 0 Å². The van der Waals surface area contributed by atoms with Crippen LogP contribution in [0.2, 0.25) is 0 Å². The summed E-state index contributed by atoms with van der Waals surface area (Å²) in [7, 11) is 0. The summed E-state index contributed by atoms with van der Waals surface area (Å²) in [5, 5.41) is 0. The molecule has 0 radical (unpaired) electrons. The van der Waals surface area contributed by atoms with E-state index in [9.17, 15) is 4.79 Å². The average Bonchev–Trinajstić information content (AvgIpc) is 3.04. The number of carbonyl (C=O) groups is 1. The van der Waals surface area contributed by atoms with Crippen LogP contribution in [0.5, 0.6) is 23.0 Å². The maximum atomic E-state index is 12.0. The number of esters is 1. The lowest BCUT2D eigenvalue weighted by Crippen LogP contribution is -2.22. The van der Waals surface area contributed by atoms with Crippen molar-refractivity contribution in [1.82, 2.24) is 0 Å². The minimum Gasteiger partial charge on any atom is -0.478 e. The molecular formula is C20H22O6. The second-order valence-corrected chi connectivity index (χ2v) is 6.05. The Morgan fingerprint density at radius 1 is 1.12 bits per heavy atom. The maximum absolute atomic E-state index is 12.0. The molecule has 1 atom stereocenters. The molecule has 138 valence electrons. The Balaban J connectivity index is 1.56. The lowest BCUT2D eigenvalue weighted by Gasteiger charge is -2.10. The Morgan fingerprint density at radius 2 is 1.88 bits per heavy atom. The van der Waals surface area contributed by atoms with Gasteiger partial charge in [-0.15, -0.1) is 0 Å². The number of fused-ring (bicyclic) bond motifs is 1. The monoisotopic (exact) mass is 358 g/mol. The highest BCUT2D eigenvalue weighted by Gasteiger charge is 2.28. The Kier molecular flexibility index (Phi) is 5.63. The van der Waals surface area contributed by atoms with Crippen molar-refractivity contribution in [2.45, 2.75) is 33.2 Å². The van der Waals surface area contributed by atoms with Crippen LogP contribution in [-0.2, 0) is 9.53 Å². The molecule has 0 spiro atoms. The highest BCUT2D eigenvalue weighted by molar-refractivity contribution is 5.74. The van der Waals surface area contributed by atoms with Gasteiger partial charge in [0.25, 0.3) is 0 Å². The molecule has 1 unspecified atom stereocenters. The van der Waals surface area contributed by atoms with Gasteiger partial charge in [-0.1, -0.05) is 32.0 Å². The molecule has 2 aromatic rings. The highest BCUT2D eigenvalue weighted by atomic mass is 16.9. The molecule has 6 nitrogen and oxygen atoms in total. The van der Waals surface area contributed by atoms with Crippen molar-refractivity contribution in [2.24, 2.45) is 0 Å². The fraction of sp³-hybridized carbons (Fsp3) is 0.350. The van der Waals surface area contributed by atoms with Crippen LogP contribution < -0.4 is 18.9 Å². The topological polar surface area (TPSA) is 63.2 Å². The van der Waals surface area contributed by atoms with Gasteiger partial charge in [0.2, 0.25) is 5.75 Å². The lowest BCUT2D eigenvalue weighted by atomic mass is 10.0. The van der Waals surface area contributed by atoms with Crippen LogP contribution in [0.15, 0.2) is 42.5 Å². The number of ether oxygens (including phenoxy) is 5. The third-order valence-electron chi connectivity index (χ3n) is 3.81. The second-order valence-electron chi connectivity index (χ2n) is 6.05. The predicted molar refractivity (Wildman–Crippen MR) is 94.8 cm³/mol. The zero-order valence-electron chi connectivity index (χ0n) is 15.1. The van der Waals surface area contributed by atoms with Gasteiger partial charge >= 0.3 is 12.4 Å². The molecule has 0 amide bonds. The van der Waals surface area contributed by atoms with Crippen LogP contribution in [0.1, 0.15) is 32.3 Å². The molecule has 6 heteroatoms. The van der Waals surface area contributed by atoms with Crippen molar-refractivity contribution in [2.75, 3.05) is 13.2 Å². The third kappa shape index (κ3) is 4.26. The Hall–Kier alpha value is -2.73. The molecule has 0 bridgehead atoms. The van der Waals surface area contributed by atoms with E-state index in [0.717, 1.165) is 0 Å². The van der Waals surface area contributed by atoms with Crippen molar-refractivity contribution >= 4 is 5.97 Å². The molecule has 0 fully saturated rings. The van der Waals surface area contributed by atoms with Gasteiger partial charge < -0.3 is 23.7 Å². The van der Waals surface area contributed by atoms with E-state index in [1.165, 1.54) is 5.56 Å². The van der Waals surface area contributed by atoms with Gasteiger partial charge in [-0.25, -0.2) is 4.79 Å². The molecule has 3 rings (SSSR count). The van der Waals surface area contributed by atoms with Crippen LogP contribution in [0.3, 0.4) is 0 Å². The van der Waals surface area contributed by atoms with E-state index in [0.29, 0.717) is 35.5 Å².